The van der Waals surface area contributed by atoms with Gasteiger partial charge < -0.3 is 4.98 Å². The first kappa shape index (κ1) is 19.2. The summed E-state index contributed by atoms with van der Waals surface area (Å²) in [5.74, 6) is 0.980. The molecule has 5 heteroatoms. The predicted octanol–water partition coefficient (Wildman–Crippen LogP) is 4.82. The van der Waals surface area contributed by atoms with Crippen molar-refractivity contribution in [1.29, 1.82) is 0 Å². The molecule has 0 saturated carbocycles. The summed E-state index contributed by atoms with van der Waals surface area (Å²) >= 11 is 0. The molecule has 4 rings (SSSR count). The third-order valence-corrected chi connectivity index (χ3v) is 5.00. The van der Waals surface area contributed by atoms with Gasteiger partial charge in [-0.1, -0.05) is 41.5 Å². The standard InChI is InChI=1S/C24H27N5/c1-17-8-10-22(11-9-17)29-15-21(14-28(4)16-23-25-13-19(3)26-23)24(27-29)20-7-5-6-18(2)12-20/h5-13,15H,14,16H2,1-4H3,(H,25,26). The number of H-pyrrole nitrogens is 1. The van der Waals surface area contributed by atoms with Gasteiger partial charge in [0.15, 0.2) is 0 Å². The van der Waals surface area contributed by atoms with Crippen molar-refractivity contribution in [3.8, 4) is 16.9 Å². The van der Waals surface area contributed by atoms with Gasteiger partial charge in [0.1, 0.15) is 5.82 Å². The molecule has 4 aromatic rings. The quantitative estimate of drug-likeness (QED) is 0.518. The third-order valence-electron chi connectivity index (χ3n) is 5.00. The number of nitrogens with zero attached hydrogens (tertiary/aromatic N) is 4. The molecule has 0 aliphatic carbocycles. The highest BCUT2D eigenvalue weighted by Crippen LogP contribution is 2.26. The molecule has 29 heavy (non-hydrogen) atoms. The molecular formula is C24H27N5. The van der Waals surface area contributed by atoms with Gasteiger partial charge in [-0.3, -0.25) is 4.90 Å². The zero-order chi connectivity index (χ0) is 20.4. The van der Waals surface area contributed by atoms with E-state index in [1.165, 1.54) is 16.7 Å². The Kier molecular flexibility index (Phi) is 5.32. The van der Waals surface area contributed by atoms with Crippen LogP contribution in [0.25, 0.3) is 16.9 Å². The topological polar surface area (TPSA) is 49.7 Å². The van der Waals surface area contributed by atoms with Gasteiger partial charge in [0.05, 0.1) is 17.9 Å². The Morgan fingerprint density at radius 3 is 2.45 bits per heavy atom. The number of imidazole rings is 1. The highest BCUT2D eigenvalue weighted by atomic mass is 15.3. The lowest BCUT2D eigenvalue weighted by Gasteiger charge is -2.15. The molecule has 0 aliphatic rings. The van der Waals surface area contributed by atoms with Crippen LogP contribution in [0.4, 0.5) is 0 Å². The minimum absolute atomic E-state index is 0.761. The first-order valence-electron chi connectivity index (χ1n) is 9.89. The van der Waals surface area contributed by atoms with Crippen LogP contribution in [0.5, 0.6) is 0 Å². The number of hydrogen-bond donors (Lipinski definition) is 1. The highest BCUT2D eigenvalue weighted by Gasteiger charge is 2.15. The number of hydrogen-bond acceptors (Lipinski definition) is 3. The van der Waals surface area contributed by atoms with E-state index < -0.39 is 0 Å². The number of aromatic nitrogens is 4. The minimum Gasteiger partial charge on any atom is -0.345 e. The Hall–Kier alpha value is -3.18. The van der Waals surface area contributed by atoms with Gasteiger partial charge in [-0.25, -0.2) is 9.67 Å². The van der Waals surface area contributed by atoms with Gasteiger partial charge in [0.2, 0.25) is 0 Å². The Bertz CT molecular complexity index is 1100. The summed E-state index contributed by atoms with van der Waals surface area (Å²) in [7, 11) is 2.11. The Morgan fingerprint density at radius 2 is 1.76 bits per heavy atom. The fourth-order valence-electron chi connectivity index (χ4n) is 3.54. The second-order valence-corrected chi connectivity index (χ2v) is 7.84. The number of aromatic amines is 1. The predicted molar refractivity (Wildman–Crippen MR) is 117 cm³/mol. The summed E-state index contributed by atoms with van der Waals surface area (Å²) in [6.45, 7) is 7.79. The maximum Gasteiger partial charge on any atom is 0.120 e. The molecule has 0 atom stereocenters. The van der Waals surface area contributed by atoms with E-state index in [-0.39, 0.29) is 0 Å². The Morgan fingerprint density at radius 1 is 0.966 bits per heavy atom. The molecule has 2 aromatic carbocycles. The van der Waals surface area contributed by atoms with Crippen LogP contribution in [0.15, 0.2) is 60.9 Å². The monoisotopic (exact) mass is 385 g/mol. The summed E-state index contributed by atoms with van der Waals surface area (Å²) in [5, 5.41) is 4.95. The van der Waals surface area contributed by atoms with Gasteiger partial charge in [0.25, 0.3) is 0 Å². The van der Waals surface area contributed by atoms with E-state index in [4.69, 9.17) is 5.10 Å². The molecule has 0 bridgehead atoms. The molecular weight excluding hydrogens is 358 g/mol. The highest BCUT2D eigenvalue weighted by molar-refractivity contribution is 5.64. The lowest BCUT2D eigenvalue weighted by Crippen LogP contribution is -2.18. The van der Waals surface area contributed by atoms with Crippen LogP contribution in [0.3, 0.4) is 0 Å². The number of benzene rings is 2. The lowest BCUT2D eigenvalue weighted by molar-refractivity contribution is 0.312. The fourth-order valence-corrected chi connectivity index (χ4v) is 3.54. The van der Waals surface area contributed by atoms with Crippen LogP contribution in [0, 0.1) is 20.8 Å². The minimum atomic E-state index is 0.761. The molecule has 0 fully saturated rings. The molecule has 0 unspecified atom stereocenters. The second kappa shape index (κ2) is 8.05. The van der Waals surface area contributed by atoms with Crippen LogP contribution < -0.4 is 0 Å². The molecule has 2 heterocycles. The van der Waals surface area contributed by atoms with E-state index in [2.05, 4.69) is 90.5 Å². The van der Waals surface area contributed by atoms with Crippen LogP contribution in [0.2, 0.25) is 0 Å². The smallest absolute Gasteiger partial charge is 0.120 e. The van der Waals surface area contributed by atoms with Crippen LogP contribution in [-0.4, -0.2) is 31.7 Å². The van der Waals surface area contributed by atoms with E-state index in [1.54, 1.807) is 0 Å². The molecule has 0 saturated heterocycles. The van der Waals surface area contributed by atoms with Gasteiger partial charge in [-0.05, 0) is 46.0 Å². The van der Waals surface area contributed by atoms with Crippen molar-refractivity contribution in [3.63, 3.8) is 0 Å². The summed E-state index contributed by atoms with van der Waals surface area (Å²) < 4.78 is 1.98. The number of nitrogens with one attached hydrogen (secondary N) is 1. The normalized spacial score (nSPS) is 11.3. The molecule has 0 radical (unpaired) electrons. The van der Waals surface area contributed by atoms with Crippen LogP contribution in [-0.2, 0) is 13.1 Å². The van der Waals surface area contributed by atoms with Gasteiger partial charge in [-0.2, -0.15) is 5.10 Å². The molecule has 0 aliphatic heterocycles. The van der Waals surface area contributed by atoms with Crippen molar-refractivity contribution in [2.75, 3.05) is 7.05 Å². The summed E-state index contributed by atoms with van der Waals surface area (Å²) in [5.41, 5.74) is 8.00. The van der Waals surface area contributed by atoms with Crippen molar-refractivity contribution in [3.05, 3.63) is 89.1 Å². The molecule has 2 aromatic heterocycles. The molecule has 1 N–H and O–H groups in total. The zero-order valence-electron chi connectivity index (χ0n) is 17.5. The van der Waals surface area contributed by atoms with Crippen molar-refractivity contribution in [2.24, 2.45) is 0 Å². The molecule has 0 amide bonds. The SMILES string of the molecule is Cc1ccc(-n2cc(CN(C)Cc3ncc(C)[nH]3)c(-c3cccc(C)c3)n2)cc1. The van der Waals surface area contributed by atoms with E-state index in [9.17, 15) is 0 Å². The van der Waals surface area contributed by atoms with Crippen LogP contribution >= 0.6 is 0 Å². The molecule has 148 valence electrons. The fraction of sp³-hybridized carbons (Fsp3) is 0.250. The first-order chi connectivity index (χ1) is 14.0. The second-order valence-electron chi connectivity index (χ2n) is 7.84. The maximum absolute atomic E-state index is 4.95. The van der Waals surface area contributed by atoms with Crippen LogP contribution in [0.1, 0.15) is 28.2 Å². The Labute approximate surface area is 172 Å². The van der Waals surface area contributed by atoms with E-state index >= 15 is 0 Å². The largest absolute Gasteiger partial charge is 0.345 e. The average Bonchev–Trinajstić information content (AvgIpc) is 3.28. The zero-order valence-corrected chi connectivity index (χ0v) is 17.5. The van der Waals surface area contributed by atoms with Crippen molar-refractivity contribution >= 4 is 0 Å². The van der Waals surface area contributed by atoms with Gasteiger partial charge >= 0.3 is 0 Å². The van der Waals surface area contributed by atoms with E-state index in [0.717, 1.165) is 41.6 Å². The summed E-state index contributed by atoms with van der Waals surface area (Å²) in [6, 6.07) is 17.0. The van der Waals surface area contributed by atoms with Crippen molar-refractivity contribution in [2.45, 2.75) is 33.9 Å². The van der Waals surface area contributed by atoms with Crippen molar-refractivity contribution < 1.29 is 0 Å². The number of aryl methyl sites for hydroxylation is 3. The summed E-state index contributed by atoms with van der Waals surface area (Å²) in [4.78, 5) is 10.00. The summed E-state index contributed by atoms with van der Waals surface area (Å²) in [6.07, 6.45) is 4.02. The molecule has 0 spiro atoms. The van der Waals surface area contributed by atoms with E-state index in [0.29, 0.717) is 0 Å². The van der Waals surface area contributed by atoms with Gasteiger partial charge in [-0.15, -0.1) is 0 Å². The van der Waals surface area contributed by atoms with Crippen molar-refractivity contribution in [1.82, 2.24) is 24.6 Å². The number of rotatable bonds is 6. The van der Waals surface area contributed by atoms with Gasteiger partial charge in [0, 0.05) is 35.8 Å². The van der Waals surface area contributed by atoms with E-state index in [1.807, 2.05) is 17.8 Å². The average molecular weight is 386 g/mol. The Balaban J connectivity index is 1.67. The molecule has 5 nitrogen and oxygen atoms in total. The third kappa shape index (κ3) is 4.46. The maximum atomic E-state index is 4.95. The lowest BCUT2D eigenvalue weighted by atomic mass is 10.1. The first-order valence-corrected chi connectivity index (χ1v) is 9.89.